The Kier molecular flexibility index (Phi) is 5.57. The Balaban J connectivity index is 2.17. The normalized spacial score (nSPS) is 16.5. The van der Waals surface area contributed by atoms with Crippen LogP contribution in [-0.4, -0.2) is 26.1 Å². The molecule has 8 heteroatoms. The second kappa shape index (κ2) is 7.74. The summed E-state index contributed by atoms with van der Waals surface area (Å²) in [6, 6.07) is 7.77. The number of anilines is 1. The zero-order chi connectivity index (χ0) is 19.5. The van der Waals surface area contributed by atoms with E-state index in [1.807, 2.05) is 0 Å². The molecule has 0 saturated heterocycles. The number of sulfonamides is 1. The summed E-state index contributed by atoms with van der Waals surface area (Å²) in [6.45, 7) is 0. The van der Waals surface area contributed by atoms with Crippen molar-refractivity contribution < 1.29 is 17.6 Å². The largest absolute Gasteiger partial charge is 0.326 e. The van der Waals surface area contributed by atoms with Gasteiger partial charge in [0.25, 0.3) is 0 Å². The van der Waals surface area contributed by atoms with Gasteiger partial charge in [-0.1, -0.05) is 18.9 Å². The van der Waals surface area contributed by atoms with Crippen LogP contribution in [-0.2, 0) is 20.4 Å². The maximum Gasteiger partial charge on any atom is 0.211 e. The van der Waals surface area contributed by atoms with Gasteiger partial charge in [0.1, 0.15) is 5.82 Å². The fourth-order valence-electron chi connectivity index (χ4n) is 3.37. The van der Waals surface area contributed by atoms with Crippen LogP contribution in [0.25, 0.3) is 0 Å². The minimum absolute atomic E-state index is 0.00246. The average molecular weight is 391 g/mol. The van der Waals surface area contributed by atoms with Gasteiger partial charge >= 0.3 is 0 Å². The van der Waals surface area contributed by atoms with E-state index in [-0.39, 0.29) is 5.69 Å². The number of nitrogens with one attached hydrogen (secondary N) is 2. The molecular formula is C19H22FN3O3S. The molecule has 1 unspecified atom stereocenters. The summed E-state index contributed by atoms with van der Waals surface area (Å²) in [4.78, 5) is 14.8. The molecule has 27 heavy (non-hydrogen) atoms. The number of hydrogen-bond acceptors (Lipinski definition) is 4. The van der Waals surface area contributed by atoms with Gasteiger partial charge in [0.05, 0.1) is 17.5 Å². The topological polar surface area (TPSA) is 88.2 Å². The minimum Gasteiger partial charge on any atom is -0.326 e. The minimum atomic E-state index is -3.59. The summed E-state index contributed by atoms with van der Waals surface area (Å²) in [5.41, 5.74) is 0.201. The highest BCUT2D eigenvalue weighted by atomic mass is 32.2. The summed E-state index contributed by atoms with van der Waals surface area (Å²) in [7, 11) is -3.59. The number of halogens is 1. The van der Waals surface area contributed by atoms with Crippen LogP contribution >= 0.6 is 0 Å². The second-order valence-electron chi connectivity index (χ2n) is 6.95. The smallest absolute Gasteiger partial charge is 0.211 e. The maximum atomic E-state index is 14.0. The van der Waals surface area contributed by atoms with Gasteiger partial charge in [-0.15, -0.1) is 0 Å². The predicted octanol–water partition coefficient (Wildman–Crippen LogP) is 2.77. The fraction of sp³-hybridized carbons (Fsp3) is 0.368. The van der Waals surface area contributed by atoms with Crippen LogP contribution in [0.4, 0.5) is 10.1 Å². The quantitative estimate of drug-likeness (QED) is 0.644. The monoisotopic (exact) mass is 391 g/mol. The van der Waals surface area contributed by atoms with E-state index >= 15 is 0 Å². The van der Waals surface area contributed by atoms with Gasteiger partial charge in [-0.2, -0.15) is 0 Å². The van der Waals surface area contributed by atoms with Gasteiger partial charge in [0.15, 0.2) is 0 Å². The molecule has 1 aromatic heterocycles. The van der Waals surface area contributed by atoms with E-state index in [0.29, 0.717) is 29.9 Å². The van der Waals surface area contributed by atoms with Gasteiger partial charge in [-0.25, -0.2) is 17.5 Å². The van der Waals surface area contributed by atoms with Crippen LogP contribution in [0.1, 0.15) is 36.8 Å². The lowest BCUT2D eigenvalue weighted by Crippen LogP contribution is -2.46. The van der Waals surface area contributed by atoms with Crippen molar-refractivity contribution >= 4 is 22.1 Å². The van der Waals surface area contributed by atoms with Crippen molar-refractivity contribution in [3.05, 3.63) is 59.7 Å². The highest BCUT2D eigenvalue weighted by Crippen LogP contribution is 2.42. The van der Waals surface area contributed by atoms with Crippen LogP contribution in [0, 0.1) is 11.7 Å². The maximum absolute atomic E-state index is 14.0. The lowest BCUT2D eigenvalue weighted by molar-refractivity contribution is -0.105. The standard InChI is InChI=1S/C19H22FN3O3S/c1-27(25,26)23-19(9-6-14-2-3-14,15-7-10-21-11-8-15)16-4-5-17(20)18(12-16)22-13-24/h4-5,7-8,10-14,23H,2-3,6,9H2,1H3,(H,22,24). The Morgan fingerprint density at radius 2 is 1.93 bits per heavy atom. The summed E-state index contributed by atoms with van der Waals surface area (Å²) in [5, 5.41) is 2.33. The molecule has 144 valence electrons. The van der Waals surface area contributed by atoms with Crippen molar-refractivity contribution in [1.29, 1.82) is 0 Å². The lowest BCUT2D eigenvalue weighted by Gasteiger charge is -2.36. The fourth-order valence-corrected chi connectivity index (χ4v) is 4.34. The Morgan fingerprint density at radius 3 is 2.52 bits per heavy atom. The van der Waals surface area contributed by atoms with Crippen molar-refractivity contribution in [3.63, 3.8) is 0 Å². The number of benzene rings is 1. The van der Waals surface area contributed by atoms with E-state index in [1.54, 1.807) is 30.6 Å². The highest BCUT2D eigenvalue weighted by Gasteiger charge is 2.39. The number of carbonyl (C=O) groups excluding carboxylic acids is 1. The summed E-state index contributed by atoms with van der Waals surface area (Å²) in [6.07, 6.45) is 8.30. The molecule has 2 aromatic rings. The molecule has 0 bridgehead atoms. The van der Waals surface area contributed by atoms with Crippen molar-refractivity contribution in [2.75, 3.05) is 11.6 Å². The van der Waals surface area contributed by atoms with Crippen LogP contribution in [0.3, 0.4) is 0 Å². The number of nitrogens with zero attached hydrogens (tertiary/aromatic N) is 1. The van der Waals surface area contributed by atoms with Crippen LogP contribution in [0.2, 0.25) is 0 Å². The molecule has 1 fully saturated rings. The zero-order valence-corrected chi connectivity index (χ0v) is 15.8. The van der Waals surface area contributed by atoms with Crippen molar-refractivity contribution in [2.45, 2.75) is 31.2 Å². The molecule has 0 spiro atoms. The third kappa shape index (κ3) is 4.70. The first kappa shape index (κ1) is 19.4. The van der Waals surface area contributed by atoms with E-state index in [2.05, 4.69) is 15.0 Å². The molecule has 0 radical (unpaired) electrons. The molecule has 1 aliphatic carbocycles. The van der Waals surface area contributed by atoms with E-state index < -0.39 is 21.4 Å². The molecule has 0 aliphatic heterocycles. The van der Waals surface area contributed by atoms with Gasteiger partial charge in [0.2, 0.25) is 16.4 Å². The number of amides is 1. The van der Waals surface area contributed by atoms with Crippen LogP contribution in [0.5, 0.6) is 0 Å². The molecule has 1 atom stereocenters. The molecule has 1 saturated carbocycles. The Bertz CT molecular complexity index is 917. The number of hydrogen-bond donors (Lipinski definition) is 2. The van der Waals surface area contributed by atoms with Crippen LogP contribution < -0.4 is 10.0 Å². The van der Waals surface area contributed by atoms with E-state index in [0.717, 1.165) is 25.5 Å². The Labute approximate surface area is 158 Å². The number of pyridine rings is 1. The third-order valence-electron chi connectivity index (χ3n) is 4.83. The van der Waals surface area contributed by atoms with Gasteiger partial charge in [-0.05, 0) is 54.2 Å². The first-order chi connectivity index (χ1) is 12.8. The van der Waals surface area contributed by atoms with E-state index in [9.17, 15) is 17.6 Å². The third-order valence-corrected chi connectivity index (χ3v) is 5.55. The number of rotatable bonds is 9. The summed E-state index contributed by atoms with van der Waals surface area (Å²) < 4.78 is 41.3. The number of aromatic nitrogens is 1. The molecule has 3 rings (SSSR count). The summed E-state index contributed by atoms with van der Waals surface area (Å²) in [5.74, 6) is -0.0170. The molecule has 1 heterocycles. The average Bonchev–Trinajstić information content (AvgIpc) is 3.45. The number of carbonyl (C=O) groups is 1. The van der Waals surface area contributed by atoms with Crippen LogP contribution in [0.15, 0.2) is 42.7 Å². The van der Waals surface area contributed by atoms with Crippen molar-refractivity contribution in [1.82, 2.24) is 9.71 Å². The molecule has 1 aromatic carbocycles. The van der Waals surface area contributed by atoms with Gasteiger partial charge in [0, 0.05) is 12.4 Å². The van der Waals surface area contributed by atoms with Gasteiger partial charge in [-0.3, -0.25) is 9.78 Å². The van der Waals surface area contributed by atoms with E-state index in [1.165, 1.54) is 12.1 Å². The highest BCUT2D eigenvalue weighted by molar-refractivity contribution is 7.88. The lowest BCUT2D eigenvalue weighted by atomic mass is 9.79. The molecule has 6 nitrogen and oxygen atoms in total. The predicted molar refractivity (Wildman–Crippen MR) is 101 cm³/mol. The van der Waals surface area contributed by atoms with Crippen molar-refractivity contribution in [3.8, 4) is 0 Å². The molecular weight excluding hydrogens is 369 g/mol. The second-order valence-corrected chi connectivity index (χ2v) is 8.70. The van der Waals surface area contributed by atoms with Crippen molar-refractivity contribution in [2.24, 2.45) is 5.92 Å². The van der Waals surface area contributed by atoms with Gasteiger partial charge < -0.3 is 5.32 Å². The Morgan fingerprint density at radius 1 is 1.22 bits per heavy atom. The molecule has 2 N–H and O–H groups in total. The first-order valence-corrected chi connectivity index (χ1v) is 10.6. The summed E-state index contributed by atoms with van der Waals surface area (Å²) >= 11 is 0. The zero-order valence-electron chi connectivity index (χ0n) is 15.0. The molecule has 1 amide bonds. The first-order valence-electron chi connectivity index (χ1n) is 8.74. The van der Waals surface area contributed by atoms with E-state index in [4.69, 9.17) is 0 Å². The Hall–Kier alpha value is -2.32. The molecule has 1 aliphatic rings. The SMILES string of the molecule is CS(=O)(=O)NC(CCC1CC1)(c1ccncc1)c1ccc(F)c(NC=O)c1.